The molecule has 0 fully saturated rings. The Balaban J connectivity index is 2.33. The molecule has 0 saturated heterocycles. The number of carboxylic acid groups (broad SMARTS) is 1. The minimum absolute atomic E-state index is 0.211. The van der Waals surface area contributed by atoms with E-state index >= 15 is 0 Å². The van der Waals surface area contributed by atoms with Gasteiger partial charge in [-0.2, -0.15) is 4.37 Å². The van der Waals surface area contributed by atoms with Gasteiger partial charge in [0, 0.05) is 11.8 Å². The monoisotopic (exact) mass is 268 g/mol. The van der Waals surface area contributed by atoms with Crippen molar-refractivity contribution in [2.45, 2.75) is 4.34 Å². The molecule has 0 aliphatic carbocycles. The van der Waals surface area contributed by atoms with Crippen molar-refractivity contribution in [3.63, 3.8) is 0 Å². The van der Waals surface area contributed by atoms with Crippen molar-refractivity contribution < 1.29 is 14.1 Å². The van der Waals surface area contributed by atoms with E-state index in [1.54, 1.807) is 12.1 Å². The molecule has 0 spiro atoms. The molecule has 7 heteroatoms. The molecule has 1 atom stereocenters. The van der Waals surface area contributed by atoms with Crippen LogP contribution in [-0.4, -0.2) is 30.9 Å². The third kappa shape index (κ3) is 2.56. The lowest BCUT2D eigenvalue weighted by atomic mass is 10.1. The van der Waals surface area contributed by atoms with Gasteiger partial charge in [-0.1, -0.05) is 12.1 Å². The first-order valence-electron chi connectivity index (χ1n) is 4.59. The number of rotatable bonds is 3. The van der Waals surface area contributed by atoms with Gasteiger partial charge in [-0.15, -0.1) is 0 Å². The number of carbonyl (C=O) groups is 1. The van der Waals surface area contributed by atoms with Crippen LogP contribution in [0.2, 0.25) is 0 Å². The summed E-state index contributed by atoms with van der Waals surface area (Å²) in [6, 6.07) is 6.24. The topological polar surface area (TPSA) is 80.2 Å². The Morgan fingerprint density at radius 2 is 2.00 bits per heavy atom. The fourth-order valence-electron chi connectivity index (χ4n) is 1.21. The molecular formula is C10H8N2O3S2. The van der Waals surface area contributed by atoms with Crippen molar-refractivity contribution in [2.75, 3.05) is 6.26 Å². The van der Waals surface area contributed by atoms with E-state index < -0.39 is 16.8 Å². The molecule has 17 heavy (non-hydrogen) atoms. The summed E-state index contributed by atoms with van der Waals surface area (Å²) >= 11 is 1.09. The number of hydrogen-bond donors (Lipinski definition) is 1. The van der Waals surface area contributed by atoms with Gasteiger partial charge in [-0.05, 0) is 23.7 Å². The zero-order valence-electron chi connectivity index (χ0n) is 8.78. The first-order chi connectivity index (χ1) is 8.08. The normalized spacial score (nSPS) is 12.3. The Morgan fingerprint density at radius 1 is 1.35 bits per heavy atom. The van der Waals surface area contributed by atoms with E-state index in [9.17, 15) is 9.00 Å². The SMILES string of the molecule is CS(=O)c1nc(-c2ccc(C(=O)O)cc2)ns1. The number of aromatic carboxylic acids is 1. The Morgan fingerprint density at radius 3 is 2.47 bits per heavy atom. The number of aromatic nitrogens is 2. The van der Waals surface area contributed by atoms with Crippen LogP contribution in [0.4, 0.5) is 0 Å². The second kappa shape index (κ2) is 4.72. The van der Waals surface area contributed by atoms with Crippen molar-refractivity contribution in [1.29, 1.82) is 0 Å². The molecule has 5 nitrogen and oxygen atoms in total. The summed E-state index contributed by atoms with van der Waals surface area (Å²) in [4.78, 5) is 14.8. The molecule has 0 aliphatic rings. The zero-order chi connectivity index (χ0) is 12.4. The maximum absolute atomic E-state index is 11.2. The van der Waals surface area contributed by atoms with Gasteiger partial charge in [0.1, 0.15) is 0 Å². The van der Waals surface area contributed by atoms with E-state index in [2.05, 4.69) is 9.36 Å². The Hall–Kier alpha value is -1.60. The Bertz CT molecular complexity index is 577. The van der Waals surface area contributed by atoms with Gasteiger partial charge in [0.05, 0.1) is 16.4 Å². The minimum atomic E-state index is -1.14. The molecule has 0 aliphatic heterocycles. The minimum Gasteiger partial charge on any atom is -0.478 e. The molecule has 2 rings (SSSR count). The largest absolute Gasteiger partial charge is 0.478 e. The average molecular weight is 268 g/mol. The molecule has 88 valence electrons. The van der Waals surface area contributed by atoms with Gasteiger partial charge in [-0.3, -0.25) is 4.21 Å². The van der Waals surface area contributed by atoms with E-state index in [1.165, 1.54) is 18.4 Å². The van der Waals surface area contributed by atoms with Crippen LogP contribution in [0.1, 0.15) is 10.4 Å². The Kier molecular flexibility index (Phi) is 3.30. The molecule has 2 aromatic rings. The van der Waals surface area contributed by atoms with Crippen LogP contribution in [0.25, 0.3) is 11.4 Å². The third-order valence-corrected chi connectivity index (χ3v) is 4.07. The molecule has 1 N–H and O–H groups in total. The summed E-state index contributed by atoms with van der Waals surface area (Å²) in [5, 5.41) is 8.75. The lowest BCUT2D eigenvalue weighted by Crippen LogP contribution is -1.95. The van der Waals surface area contributed by atoms with Crippen LogP contribution in [0.3, 0.4) is 0 Å². The first-order valence-corrected chi connectivity index (χ1v) is 6.92. The van der Waals surface area contributed by atoms with Crippen molar-refractivity contribution in [1.82, 2.24) is 9.36 Å². The van der Waals surface area contributed by atoms with Gasteiger partial charge in [0.2, 0.25) is 4.34 Å². The number of nitrogens with zero attached hydrogens (tertiary/aromatic N) is 2. The highest BCUT2D eigenvalue weighted by Crippen LogP contribution is 2.20. The highest BCUT2D eigenvalue weighted by Gasteiger charge is 2.09. The predicted octanol–water partition coefficient (Wildman–Crippen LogP) is 1.64. The highest BCUT2D eigenvalue weighted by atomic mass is 32.2. The standard InChI is InChI=1S/C10H8N2O3S2/c1-17(15)10-11-8(12-16-10)6-2-4-7(5-3-6)9(13)14/h2-5H,1H3,(H,13,14). The van der Waals surface area contributed by atoms with Gasteiger partial charge in [-0.25, -0.2) is 9.78 Å². The van der Waals surface area contributed by atoms with E-state index in [-0.39, 0.29) is 5.56 Å². The maximum Gasteiger partial charge on any atom is 0.335 e. The summed E-state index contributed by atoms with van der Waals surface area (Å²) in [6.07, 6.45) is 1.54. The van der Waals surface area contributed by atoms with Crippen LogP contribution < -0.4 is 0 Å². The zero-order valence-corrected chi connectivity index (χ0v) is 10.4. The van der Waals surface area contributed by atoms with Crippen LogP contribution in [0.5, 0.6) is 0 Å². The molecule has 1 aromatic carbocycles. The lowest BCUT2D eigenvalue weighted by molar-refractivity contribution is 0.0697. The third-order valence-electron chi connectivity index (χ3n) is 2.04. The summed E-state index contributed by atoms with van der Waals surface area (Å²) in [5.41, 5.74) is 0.922. The fraction of sp³-hybridized carbons (Fsp3) is 0.100. The van der Waals surface area contributed by atoms with Crippen molar-refractivity contribution in [3.8, 4) is 11.4 Å². The van der Waals surface area contributed by atoms with E-state index in [1.807, 2.05) is 0 Å². The molecular weight excluding hydrogens is 260 g/mol. The number of carboxylic acids is 1. The van der Waals surface area contributed by atoms with Crippen LogP contribution in [-0.2, 0) is 10.8 Å². The van der Waals surface area contributed by atoms with Gasteiger partial charge in [0.25, 0.3) is 0 Å². The summed E-state index contributed by atoms with van der Waals surface area (Å²) < 4.78 is 15.7. The molecule has 0 amide bonds. The number of benzene rings is 1. The van der Waals surface area contributed by atoms with Gasteiger partial charge >= 0.3 is 5.97 Å². The molecule has 0 saturated carbocycles. The second-order valence-corrected chi connectivity index (χ2v) is 5.53. The smallest absolute Gasteiger partial charge is 0.335 e. The summed E-state index contributed by atoms with van der Waals surface area (Å²) in [5.74, 6) is -0.504. The van der Waals surface area contributed by atoms with E-state index in [4.69, 9.17) is 5.11 Å². The van der Waals surface area contributed by atoms with Crippen LogP contribution >= 0.6 is 11.5 Å². The van der Waals surface area contributed by atoms with Crippen LogP contribution in [0, 0.1) is 0 Å². The molecule has 0 radical (unpaired) electrons. The molecule has 1 unspecified atom stereocenters. The van der Waals surface area contributed by atoms with Crippen LogP contribution in [0.15, 0.2) is 28.6 Å². The summed E-state index contributed by atoms with van der Waals surface area (Å²) in [6.45, 7) is 0. The molecule has 0 bridgehead atoms. The molecule has 1 heterocycles. The quantitative estimate of drug-likeness (QED) is 0.915. The lowest BCUT2D eigenvalue weighted by Gasteiger charge is -1.96. The second-order valence-electron chi connectivity index (χ2n) is 3.22. The first kappa shape index (κ1) is 11.9. The average Bonchev–Trinajstić information content (AvgIpc) is 2.78. The van der Waals surface area contributed by atoms with Gasteiger partial charge in [0.15, 0.2) is 5.82 Å². The highest BCUT2D eigenvalue weighted by molar-refractivity contribution is 7.86. The van der Waals surface area contributed by atoms with Crippen molar-refractivity contribution >= 4 is 28.3 Å². The van der Waals surface area contributed by atoms with E-state index in [0.29, 0.717) is 15.7 Å². The Labute approximate surface area is 104 Å². The number of hydrogen-bond acceptors (Lipinski definition) is 5. The molecule has 1 aromatic heterocycles. The maximum atomic E-state index is 11.2. The van der Waals surface area contributed by atoms with E-state index in [0.717, 1.165) is 11.5 Å². The van der Waals surface area contributed by atoms with Gasteiger partial charge < -0.3 is 5.11 Å². The van der Waals surface area contributed by atoms with Crippen molar-refractivity contribution in [3.05, 3.63) is 29.8 Å². The fourth-order valence-corrected chi connectivity index (χ4v) is 2.39. The summed E-state index contributed by atoms with van der Waals surface area (Å²) in [7, 11) is -1.14. The predicted molar refractivity (Wildman–Crippen MR) is 64.6 cm³/mol. The van der Waals surface area contributed by atoms with Crippen molar-refractivity contribution in [2.24, 2.45) is 0 Å².